The van der Waals surface area contributed by atoms with Crippen molar-refractivity contribution in [3.8, 4) is 0 Å². The van der Waals surface area contributed by atoms with Crippen LogP contribution >= 0.6 is 23.2 Å². The molecule has 0 saturated heterocycles. The second-order valence-corrected chi connectivity index (χ2v) is 11.4. The third-order valence-corrected chi connectivity index (χ3v) is 8.54. The van der Waals surface area contributed by atoms with Gasteiger partial charge in [-0.3, -0.25) is 13.9 Å². The van der Waals surface area contributed by atoms with Crippen molar-refractivity contribution in [3.63, 3.8) is 0 Å². The zero-order chi connectivity index (χ0) is 27.9. The number of amides is 2. The van der Waals surface area contributed by atoms with E-state index in [1.165, 1.54) is 35.2 Å². The number of carbonyl (C=O) groups excluding carboxylic acids is 2. The van der Waals surface area contributed by atoms with Gasteiger partial charge in [-0.25, -0.2) is 8.42 Å². The molecule has 0 aliphatic carbocycles. The molecule has 0 radical (unpaired) electrons. The summed E-state index contributed by atoms with van der Waals surface area (Å²) in [6, 6.07) is 19.0. The summed E-state index contributed by atoms with van der Waals surface area (Å²) in [4.78, 5) is 28.3. The van der Waals surface area contributed by atoms with E-state index in [0.717, 1.165) is 15.4 Å². The van der Waals surface area contributed by atoms with Gasteiger partial charge in [0.1, 0.15) is 12.6 Å². The van der Waals surface area contributed by atoms with Gasteiger partial charge in [-0.15, -0.1) is 0 Å². The topological polar surface area (TPSA) is 86.8 Å². The molecule has 1 unspecified atom stereocenters. The van der Waals surface area contributed by atoms with Gasteiger partial charge in [0.2, 0.25) is 11.8 Å². The second kappa shape index (κ2) is 13.1. The lowest BCUT2D eigenvalue weighted by atomic mass is 10.1. The van der Waals surface area contributed by atoms with Crippen LogP contribution in [0.2, 0.25) is 10.0 Å². The Morgan fingerprint density at radius 3 is 2.16 bits per heavy atom. The van der Waals surface area contributed by atoms with Gasteiger partial charge in [0.05, 0.1) is 20.6 Å². The van der Waals surface area contributed by atoms with Crippen LogP contribution in [0.1, 0.15) is 31.4 Å². The van der Waals surface area contributed by atoms with Crippen LogP contribution in [0.5, 0.6) is 0 Å². The van der Waals surface area contributed by atoms with Crippen LogP contribution in [0.25, 0.3) is 0 Å². The number of halogens is 2. The Kier molecular flexibility index (Phi) is 10.2. The molecular weight excluding hydrogens is 545 g/mol. The van der Waals surface area contributed by atoms with Gasteiger partial charge in [0, 0.05) is 13.1 Å². The number of rotatable bonds is 11. The maximum absolute atomic E-state index is 13.9. The minimum absolute atomic E-state index is 0.0136. The molecule has 0 saturated carbocycles. The van der Waals surface area contributed by atoms with Crippen molar-refractivity contribution in [1.29, 1.82) is 0 Å². The van der Waals surface area contributed by atoms with E-state index in [-0.39, 0.29) is 33.1 Å². The quantitative estimate of drug-likeness (QED) is 0.330. The van der Waals surface area contributed by atoms with Crippen LogP contribution in [-0.2, 0) is 26.2 Å². The lowest BCUT2D eigenvalue weighted by Gasteiger charge is -2.33. The monoisotopic (exact) mass is 575 g/mol. The zero-order valence-corrected chi connectivity index (χ0v) is 23.9. The minimum atomic E-state index is -4.17. The first-order valence-electron chi connectivity index (χ1n) is 12.2. The summed E-state index contributed by atoms with van der Waals surface area (Å²) in [5, 5.41) is 3.19. The third-order valence-electron chi connectivity index (χ3n) is 6.01. The van der Waals surface area contributed by atoms with Gasteiger partial charge in [-0.1, -0.05) is 78.2 Å². The van der Waals surface area contributed by atoms with Crippen molar-refractivity contribution in [3.05, 3.63) is 94.0 Å². The van der Waals surface area contributed by atoms with Crippen molar-refractivity contribution in [2.45, 2.75) is 44.7 Å². The molecule has 202 valence electrons. The molecule has 0 aliphatic heterocycles. The van der Waals surface area contributed by atoms with Gasteiger partial charge >= 0.3 is 0 Å². The SMILES string of the molecule is CCNC(=O)C(CC)N(Cc1ccc(C)cc1)C(=O)CN(c1ccc(Cl)c(Cl)c1)S(=O)(=O)c1ccccc1. The van der Waals surface area contributed by atoms with Crippen LogP contribution in [0, 0.1) is 6.92 Å². The van der Waals surface area contributed by atoms with Gasteiger partial charge in [-0.05, 0) is 56.2 Å². The number of anilines is 1. The first-order valence-corrected chi connectivity index (χ1v) is 14.4. The molecule has 3 aromatic carbocycles. The summed E-state index contributed by atoms with van der Waals surface area (Å²) >= 11 is 12.3. The Labute approximate surface area is 234 Å². The molecular formula is C28H31Cl2N3O4S. The number of likely N-dealkylation sites (N-methyl/N-ethyl adjacent to an activating group) is 1. The van der Waals surface area contributed by atoms with E-state index in [0.29, 0.717) is 13.0 Å². The Morgan fingerprint density at radius 1 is 0.921 bits per heavy atom. The van der Waals surface area contributed by atoms with Crippen molar-refractivity contribution in [2.75, 3.05) is 17.4 Å². The molecule has 0 heterocycles. The number of nitrogens with one attached hydrogen (secondary N) is 1. The Morgan fingerprint density at radius 2 is 1.58 bits per heavy atom. The third kappa shape index (κ3) is 7.07. The first kappa shape index (κ1) is 29.5. The van der Waals surface area contributed by atoms with Crippen LogP contribution in [0.15, 0.2) is 77.7 Å². The Bertz CT molecular complexity index is 1370. The number of benzene rings is 3. The molecule has 0 aromatic heterocycles. The highest BCUT2D eigenvalue weighted by atomic mass is 35.5. The smallest absolute Gasteiger partial charge is 0.264 e. The van der Waals surface area contributed by atoms with Crippen LogP contribution in [-0.4, -0.2) is 44.3 Å². The van der Waals surface area contributed by atoms with Gasteiger partial charge in [0.25, 0.3) is 10.0 Å². The molecule has 0 bridgehead atoms. The molecule has 3 rings (SSSR count). The molecule has 1 atom stereocenters. The predicted molar refractivity (Wildman–Crippen MR) is 152 cm³/mol. The zero-order valence-electron chi connectivity index (χ0n) is 21.5. The predicted octanol–water partition coefficient (Wildman–Crippen LogP) is 5.44. The number of carbonyl (C=O) groups is 2. The molecule has 0 aliphatic rings. The van der Waals surface area contributed by atoms with Crippen molar-refractivity contribution in [2.24, 2.45) is 0 Å². The Balaban J connectivity index is 2.06. The summed E-state index contributed by atoms with van der Waals surface area (Å²) in [6.45, 7) is 5.56. The minimum Gasteiger partial charge on any atom is -0.355 e. The number of hydrogen-bond acceptors (Lipinski definition) is 4. The summed E-state index contributed by atoms with van der Waals surface area (Å²) < 4.78 is 28.5. The highest BCUT2D eigenvalue weighted by Gasteiger charge is 2.33. The van der Waals surface area contributed by atoms with Gasteiger partial charge in [0.15, 0.2) is 0 Å². The molecule has 0 spiro atoms. The van der Waals surface area contributed by atoms with Crippen LogP contribution < -0.4 is 9.62 Å². The average molecular weight is 577 g/mol. The van der Waals surface area contributed by atoms with E-state index in [9.17, 15) is 18.0 Å². The lowest BCUT2D eigenvalue weighted by Crippen LogP contribution is -2.52. The molecule has 3 aromatic rings. The van der Waals surface area contributed by atoms with Crippen LogP contribution in [0.4, 0.5) is 5.69 Å². The second-order valence-electron chi connectivity index (χ2n) is 8.75. The largest absolute Gasteiger partial charge is 0.355 e. The normalized spacial score (nSPS) is 12.0. The molecule has 2 amide bonds. The number of sulfonamides is 1. The maximum Gasteiger partial charge on any atom is 0.264 e. The van der Waals surface area contributed by atoms with E-state index in [1.54, 1.807) is 25.1 Å². The fourth-order valence-corrected chi connectivity index (χ4v) is 5.71. The highest BCUT2D eigenvalue weighted by Crippen LogP contribution is 2.31. The summed E-state index contributed by atoms with van der Waals surface area (Å²) in [6.07, 6.45) is 0.349. The fourth-order valence-electron chi connectivity index (χ4n) is 3.99. The van der Waals surface area contributed by atoms with E-state index in [4.69, 9.17) is 23.2 Å². The van der Waals surface area contributed by atoms with Crippen molar-refractivity contribution in [1.82, 2.24) is 10.2 Å². The highest BCUT2D eigenvalue weighted by molar-refractivity contribution is 7.92. The molecule has 1 N–H and O–H groups in total. The van der Waals surface area contributed by atoms with E-state index < -0.39 is 28.5 Å². The number of nitrogens with zero attached hydrogens (tertiary/aromatic N) is 2. The summed E-state index contributed by atoms with van der Waals surface area (Å²) in [5.41, 5.74) is 2.05. The van der Waals surface area contributed by atoms with Gasteiger partial charge < -0.3 is 10.2 Å². The number of hydrogen-bond donors (Lipinski definition) is 1. The Hall–Kier alpha value is -3.07. The molecule has 10 heteroatoms. The van der Waals surface area contributed by atoms with E-state index in [1.807, 2.05) is 38.1 Å². The lowest BCUT2D eigenvalue weighted by molar-refractivity contribution is -0.140. The maximum atomic E-state index is 13.9. The van der Waals surface area contributed by atoms with Crippen molar-refractivity contribution < 1.29 is 18.0 Å². The van der Waals surface area contributed by atoms with Crippen molar-refractivity contribution >= 4 is 50.7 Å². The summed E-state index contributed by atoms with van der Waals surface area (Å²) in [5.74, 6) is -0.836. The fraction of sp³-hybridized carbons (Fsp3) is 0.286. The molecule has 38 heavy (non-hydrogen) atoms. The molecule has 0 fully saturated rings. The van der Waals surface area contributed by atoms with Gasteiger partial charge in [-0.2, -0.15) is 0 Å². The molecule has 7 nitrogen and oxygen atoms in total. The van der Waals surface area contributed by atoms with E-state index >= 15 is 0 Å². The average Bonchev–Trinajstić information content (AvgIpc) is 2.90. The van der Waals surface area contributed by atoms with Crippen LogP contribution in [0.3, 0.4) is 0 Å². The van der Waals surface area contributed by atoms with E-state index in [2.05, 4.69) is 5.32 Å². The number of aryl methyl sites for hydroxylation is 1. The summed E-state index contributed by atoms with van der Waals surface area (Å²) in [7, 11) is -4.17. The first-order chi connectivity index (χ1) is 18.1. The standard InChI is InChI=1S/C28H31Cl2N3O4S/c1-4-26(28(35)31-5-2)32(18-21-13-11-20(3)12-14-21)27(34)19-33(22-15-16-24(29)25(30)17-22)38(36,37)23-9-7-6-8-10-23/h6-17,26H,4-5,18-19H2,1-3H3,(H,31,35).